The third-order valence-corrected chi connectivity index (χ3v) is 3.72. The van der Waals surface area contributed by atoms with Gasteiger partial charge in [-0.1, -0.05) is 17.3 Å². The Kier molecular flexibility index (Phi) is 4.53. The molecule has 1 atom stereocenters. The Morgan fingerprint density at radius 2 is 2.04 bits per heavy atom. The van der Waals surface area contributed by atoms with Gasteiger partial charge in [0.2, 0.25) is 0 Å². The maximum absolute atomic E-state index is 12.1. The predicted octanol–water partition coefficient (Wildman–Crippen LogP) is 1.08. The number of esters is 1. The number of amides is 2. The van der Waals surface area contributed by atoms with Crippen LogP contribution in [0.15, 0.2) is 34.9 Å². The fourth-order valence-corrected chi connectivity index (χ4v) is 2.48. The molecule has 0 bridgehead atoms. The summed E-state index contributed by atoms with van der Waals surface area (Å²) in [5.41, 5.74) is 0.576. The molecule has 2 amide bonds. The van der Waals surface area contributed by atoms with Crippen molar-refractivity contribution in [2.45, 2.75) is 20.0 Å². The average Bonchev–Trinajstić information content (AvgIpc) is 3.12. The number of para-hydroxylation sites is 1. The van der Waals surface area contributed by atoms with Gasteiger partial charge in [-0.2, -0.15) is 0 Å². The minimum absolute atomic E-state index is 0.199. The summed E-state index contributed by atoms with van der Waals surface area (Å²) in [7, 11) is 0. The van der Waals surface area contributed by atoms with E-state index in [4.69, 9.17) is 9.26 Å². The molecule has 134 valence electrons. The van der Waals surface area contributed by atoms with E-state index in [1.54, 1.807) is 25.1 Å². The number of carbonyl (C=O) groups is 4. The second kappa shape index (κ2) is 6.79. The number of anilines is 2. The van der Waals surface area contributed by atoms with Crippen LogP contribution in [0.25, 0.3) is 0 Å². The molecule has 1 aliphatic rings. The Labute approximate surface area is 147 Å². The predicted molar refractivity (Wildman–Crippen MR) is 88.5 cm³/mol. The minimum Gasteiger partial charge on any atom is -0.451 e. The Hall–Kier alpha value is -3.49. The number of ether oxygens (including phenoxy) is 1. The average molecular weight is 357 g/mol. The lowest BCUT2D eigenvalue weighted by atomic mass is 10.1. The first kappa shape index (κ1) is 17.3. The van der Waals surface area contributed by atoms with Gasteiger partial charge in [0.05, 0.1) is 11.3 Å². The van der Waals surface area contributed by atoms with Crippen LogP contribution in [0, 0.1) is 6.92 Å². The quantitative estimate of drug-likeness (QED) is 0.628. The first-order valence-corrected chi connectivity index (χ1v) is 7.75. The molecule has 1 aromatic heterocycles. The zero-order valence-corrected chi connectivity index (χ0v) is 14.0. The summed E-state index contributed by atoms with van der Waals surface area (Å²) in [5, 5.41) is 6.04. The van der Waals surface area contributed by atoms with Gasteiger partial charge in [0, 0.05) is 6.07 Å². The van der Waals surface area contributed by atoms with E-state index in [2.05, 4.69) is 10.5 Å². The van der Waals surface area contributed by atoms with Gasteiger partial charge in [0.15, 0.2) is 11.9 Å². The molecule has 0 saturated carbocycles. The largest absolute Gasteiger partial charge is 0.451 e. The summed E-state index contributed by atoms with van der Waals surface area (Å²) >= 11 is 0. The fraction of sp³-hybridized carbons (Fsp3) is 0.235. The molecule has 26 heavy (non-hydrogen) atoms. The number of Topliss-reactive ketones (excluding diaryl/α,β-unsaturated/α-hetero) is 1. The summed E-state index contributed by atoms with van der Waals surface area (Å²) < 4.78 is 9.86. The summed E-state index contributed by atoms with van der Waals surface area (Å²) in [5.74, 6) is -2.19. The third-order valence-electron chi connectivity index (χ3n) is 3.72. The maximum Gasteiger partial charge on any atom is 0.326 e. The van der Waals surface area contributed by atoms with E-state index in [1.807, 2.05) is 0 Å². The van der Waals surface area contributed by atoms with Crippen LogP contribution in [0.4, 0.5) is 11.5 Å². The molecule has 0 fully saturated rings. The van der Waals surface area contributed by atoms with Crippen molar-refractivity contribution in [2.24, 2.45) is 0 Å². The topological polar surface area (TPSA) is 119 Å². The molecule has 0 aliphatic carbocycles. The maximum atomic E-state index is 12.1. The molecule has 1 N–H and O–H groups in total. The number of hydrogen-bond donors (Lipinski definition) is 1. The number of aromatic nitrogens is 1. The fourth-order valence-electron chi connectivity index (χ4n) is 2.48. The van der Waals surface area contributed by atoms with Crippen LogP contribution in [0.5, 0.6) is 0 Å². The smallest absolute Gasteiger partial charge is 0.326 e. The van der Waals surface area contributed by atoms with Crippen molar-refractivity contribution in [3.05, 3.63) is 41.7 Å². The Bertz CT molecular complexity index is 903. The second-order valence-electron chi connectivity index (χ2n) is 5.68. The molecule has 9 heteroatoms. The molecule has 0 radical (unpaired) electrons. The van der Waals surface area contributed by atoms with Crippen LogP contribution in [-0.4, -0.2) is 41.4 Å². The number of carbonyl (C=O) groups excluding carboxylic acids is 4. The number of aryl methyl sites for hydroxylation is 1. The van der Waals surface area contributed by atoms with E-state index < -0.39 is 36.2 Å². The number of fused-ring (bicyclic) bond motifs is 1. The third kappa shape index (κ3) is 3.32. The lowest BCUT2D eigenvalue weighted by Gasteiger charge is -2.17. The first-order valence-electron chi connectivity index (χ1n) is 7.75. The van der Waals surface area contributed by atoms with Gasteiger partial charge in [0.1, 0.15) is 12.3 Å². The van der Waals surface area contributed by atoms with Crippen molar-refractivity contribution in [2.75, 3.05) is 16.8 Å². The van der Waals surface area contributed by atoms with Crippen molar-refractivity contribution < 1.29 is 28.4 Å². The summed E-state index contributed by atoms with van der Waals surface area (Å²) in [6.45, 7) is 2.58. The monoisotopic (exact) mass is 357 g/mol. The zero-order valence-electron chi connectivity index (χ0n) is 14.0. The number of nitrogens with one attached hydrogen (secondary N) is 1. The molecule has 9 nitrogen and oxygen atoms in total. The normalized spacial score (nSPS) is 14.2. The van der Waals surface area contributed by atoms with Crippen molar-refractivity contribution in [3.8, 4) is 0 Å². The number of rotatable bonds is 5. The highest BCUT2D eigenvalue weighted by Gasteiger charge is 2.37. The molecule has 0 unspecified atom stereocenters. The summed E-state index contributed by atoms with van der Waals surface area (Å²) in [6, 6.07) is 7.87. The molecule has 2 aromatic rings. The molecular formula is C17H15N3O6. The van der Waals surface area contributed by atoms with E-state index in [0.29, 0.717) is 11.4 Å². The molecule has 1 aliphatic heterocycles. The van der Waals surface area contributed by atoms with Crippen molar-refractivity contribution >= 4 is 35.1 Å². The number of benzene rings is 1. The van der Waals surface area contributed by atoms with Gasteiger partial charge in [-0.15, -0.1) is 0 Å². The van der Waals surface area contributed by atoms with Gasteiger partial charge in [-0.3, -0.25) is 24.1 Å². The Balaban J connectivity index is 1.61. The zero-order chi connectivity index (χ0) is 18.8. The molecule has 0 saturated heterocycles. The van der Waals surface area contributed by atoms with Gasteiger partial charge < -0.3 is 14.6 Å². The lowest BCUT2D eigenvalue weighted by molar-refractivity contribution is -0.152. The van der Waals surface area contributed by atoms with Crippen LogP contribution in [0.3, 0.4) is 0 Å². The van der Waals surface area contributed by atoms with Crippen LogP contribution < -0.4 is 10.2 Å². The van der Waals surface area contributed by atoms with Crippen LogP contribution >= 0.6 is 0 Å². The van der Waals surface area contributed by atoms with Gasteiger partial charge in [-0.25, -0.2) is 0 Å². The molecule has 1 aromatic carbocycles. The number of nitrogens with zero attached hydrogens (tertiary/aromatic N) is 2. The first-order chi connectivity index (χ1) is 12.4. The van der Waals surface area contributed by atoms with Crippen LogP contribution in [-0.2, 0) is 19.1 Å². The standard InChI is InChI=1S/C17H15N3O6/c1-9-7-13(19-26-9)18-16(23)10(2)25-14(21)8-20-12-6-4-3-5-11(12)15(22)17(20)24/h3-7,10H,8H2,1-2H3,(H,18,19,23)/t10-/m1/s1. The van der Waals surface area contributed by atoms with Crippen molar-refractivity contribution in [1.82, 2.24) is 5.16 Å². The van der Waals surface area contributed by atoms with Crippen molar-refractivity contribution in [3.63, 3.8) is 0 Å². The van der Waals surface area contributed by atoms with Crippen LogP contribution in [0.2, 0.25) is 0 Å². The highest BCUT2D eigenvalue weighted by atomic mass is 16.5. The van der Waals surface area contributed by atoms with Crippen molar-refractivity contribution in [1.29, 1.82) is 0 Å². The van der Waals surface area contributed by atoms with Gasteiger partial charge in [-0.05, 0) is 26.0 Å². The Morgan fingerprint density at radius 3 is 2.73 bits per heavy atom. The molecular weight excluding hydrogens is 342 g/mol. The van der Waals surface area contributed by atoms with Gasteiger partial charge in [0.25, 0.3) is 17.6 Å². The van der Waals surface area contributed by atoms with E-state index >= 15 is 0 Å². The molecule has 2 heterocycles. The SMILES string of the molecule is Cc1cc(NC(=O)[C@@H](C)OC(=O)CN2C(=O)C(=O)c3ccccc32)no1. The Morgan fingerprint density at radius 1 is 1.31 bits per heavy atom. The molecule has 3 rings (SSSR count). The second-order valence-corrected chi connectivity index (χ2v) is 5.68. The number of ketones is 1. The van der Waals surface area contributed by atoms with E-state index in [1.165, 1.54) is 19.1 Å². The molecule has 0 spiro atoms. The summed E-state index contributed by atoms with van der Waals surface area (Å²) in [6.07, 6.45) is -1.12. The van der Waals surface area contributed by atoms with E-state index in [9.17, 15) is 19.2 Å². The highest BCUT2D eigenvalue weighted by molar-refractivity contribution is 6.52. The number of hydrogen-bond acceptors (Lipinski definition) is 7. The minimum atomic E-state index is -1.12. The summed E-state index contributed by atoms with van der Waals surface area (Å²) in [4.78, 5) is 49.1. The highest BCUT2D eigenvalue weighted by Crippen LogP contribution is 2.28. The lowest BCUT2D eigenvalue weighted by Crippen LogP contribution is -2.38. The van der Waals surface area contributed by atoms with Gasteiger partial charge >= 0.3 is 5.97 Å². The van der Waals surface area contributed by atoms with E-state index in [0.717, 1.165) is 4.90 Å². The van der Waals surface area contributed by atoms with Crippen LogP contribution in [0.1, 0.15) is 23.0 Å². The van der Waals surface area contributed by atoms with E-state index in [-0.39, 0.29) is 11.4 Å².